The molecule has 0 amide bonds. The normalized spacial score (nSPS) is 12.4. The van der Waals surface area contributed by atoms with E-state index in [4.69, 9.17) is 9.47 Å². The second kappa shape index (κ2) is 30.9. The Morgan fingerprint density at radius 3 is 1.59 bits per heavy atom. The first kappa shape index (κ1) is 37.4. The van der Waals surface area contributed by atoms with Crippen molar-refractivity contribution in [3.8, 4) is 0 Å². The smallest absolute Gasteiger partial charge is 0.306 e. The van der Waals surface area contributed by atoms with E-state index in [1.807, 2.05) is 0 Å². The van der Waals surface area contributed by atoms with Gasteiger partial charge in [0.25, 0.3) is 0 Å². The van der Waals surface area contributed by atoms with Gasteiger partial charge in [0, 0.05) is 12.8 Å². The lowest BCUT2D eigenvalue weighted by molar-refractivity contribution is -0.161. The van der Waals surface area contributed by atoms with Gasteiger partial charge in [0.05, 0.1) is 6.61 Å². The Bertz CT molecular complexity index is 598. The zero-order chi connectivity index (χ0) is 28.7. The van der Waals surface area contributed by atoms with E-state index in [1.165, 1.54) is 83.5 Å². The molecule has 5 nitrogen and oxygen atoms in total. The number of hydrogen-bond donors (Lipinski definition) is 1. The fourth-order valence-corrected chi connectivity index (χ4v) is 4.45. The molecule has 1 N–H and O–H groups in total. The van der Waals surface area contributed by atoms with E-state index in [0.29, 0.717) is 12.8 Å². The van der Waals surface area contributed by atoms with E-state index in [2.05, 4.69) is 38.2 Å². The SMILES string of the molecule is CCCC/C=C\C/C=C\CCCCCCCC(=O)OC(CO)COC(=O)CCCCCCCCCCCCC. The Labute approximate surface area is 241 Å². The molecule has 0 saturated heterocycles. The van der Waals surface area contributed by atoms with E-state index >= 15 is 0 Å². The van der Waals surface area contributed by atoms with Crippen LogP contribution in [0.15, 0.2) is 24.3 Å². The van der Waals surface area contributed by atoms with Crippen molar-refractivity contribution in [1.82, 2.24) is 0 Å². The zero-order valence-corrected chi connectivity index (χ0v) is 25.6. The van der Waals surface area contributed by atoms with Crippen LogP contribution in [0.3, 0.4) is 0 Å². The summed E-state index contributed by atoms with van der Waals surface area (Å²) in [6.45, 7) is 4.06. The van der Waals surface area contributed by atoms with E-state index in [1.54, 1.807) is 0 Å². The van der Waals surface area contributed by atoms with Crippen LogP contribution in [-0.2, 0) is 19.1 Å². The topological polar surface area (TPSA) is 72.8 Å². The van der Waals surface area contributed by atoms with Crippen LogP contribution in [-0.4, -0.2) is 36.4 Å². The maximum atomic E-state index is 12.1. The van der Waals surface area contributed by atoms with Crippen LogP contribution in [0.5, 0.6) is 0 Å². The van der Waals surface area contributed by atoms with Crippen molar-refractivity contribution in [2.24, 2.45) is 0 Å². The fraction of sp³-hybridized carbons (Fsp3) is 0.824. The van der Waals surface area contributed by atoms with Crippen LogP contribution >= 0.6 is 0 Å². The van der Waals surface area contributed by atoms with Crippen molar-refractivity contribution in [3.63, 3.8) is 0 Å². The Hall–Kier alpha value is -1.62. The van der Waals surface area contributed by atoms with Crippen LogP contribution in [0, 0.1) is 0 Å². The molecule has 0 aromatic rings. The molecule has 0 aromatic heterocycles. The number of rotatable bonds is 29. The third-order valence-electron chi connectivity index (χ3n) is 7.00. The van der Waals surface area contributed by atoms with E-state index in [-0.39, 0.29) is 25.2 Å². The summed E-state index contributed by atoms with van der Waals surface area (Å²) >= 11 is 0. The summed E-state index contributed by atoms with van der Waals surface area (Å²) in [5.74, 6) is -0.607. The molecule has 228 valence electrons. The van der Waals surface area contributed by atoms with Gasteiger partial charge in [0.2, 0.25) is 0 Å². The van der Waals surface area contributed by atoms with Gasteiger partial charge < -0.3 is 14.6 Å². The van der Waals surface area contributed by atoms with Gasteiger partial charge in [-0.2, -0.15) is 0 Å². The Morgan fingerprint density at radius 1 is 0.590 bits per heavy atom. The minimum absolute atomic E-state index is 0.0683. The number of ether oxygens (including phenoxy) is 2. The molecule has 1 unspecified atom stereocenters. The van der Waals surface area contributed by atoms with E-state index in [0.717, 1.165) is 51.4 Å². The van der Waals surface area contributed by atoms with Crippen molar-refractivity contribution >= 4 is 11.9 Å². The summed E-state index contributed by atoms with van der Waals surface area (Å²) in [4.78, 5) is 24.0. The quantitative estimate of drug-likeness (QED) is 0.0570. The fourth-order valence-electron chi connectivity index (χ4n) is 4.45. The summed E-state index contributed by atoms with van der Waals surface area (Å²) in [7, 11) is 0. The van der Waals surface area contributed by atoms with Gasteiger partial charge in [0.1, 0.15) is 6.61 Å². The second-order valence-corrected chi connectivity index (χ2v) is 10.9. The molecule has 0 spiro atoms. The van der Waals surface area contributed by atoms with Crippen LogP contribution in [0.4, 0.5) is 0 Å². The molecule has 0 aliphatic carbocycles. The van der Waals surface area contributed by atoms with Crippen molar-refractivity contribution in [2.45, 2.75) is 168 Å². The number of carbonyl (C=O) groups excluding carboxylic acids is 2. The lowest BCUT2D eigenvalue weighted by Crippen LogP contribution is -2.28. The minimum Gasteiger partial charge on any atom is -0.462 e. The molecule has 0 saturated carbocycles. The van der Waals surface area contributed by atoms with Gasteiger partial charge in [-0.25, -0.2) is 0 Å². The van der Waals surface area contributed by atoms with E-state index < -0.39 is 6.10 Å². The second-order valence-electron chi connectivity index (χ2n) is 10.9. The average Bonchev–Trinajstić information content (AvgIpc) is 2.94. The lowest BCUT2D eigenvalue weighted by atomic mass is 10.1. The number of carbonyl (C=O) groups is 2. The molecule has 0 heterocycles. The van der Waals surface area contributed by atoms with Gasteiger partial charge in [-0.15, -0.1) is 0 Å². The number of esters is 2. The van der Waals surface area contributed by atoms with Gasteiger partial charge in [0.15, 0.2) is 6.10 Å². The molecule has 0 aliphatic heterocycles. The highest BCUT2D eigenvalue weighted by atomic mass is 16.6. The molecule has 5 heteroatoms. The lowest BCUT2D eigenvalue weighted by Gasteiger charge is -2.15. The number of hydrogen-bond acceptors (Lipinski definition) is 5. The van der Waals surface area contributed by atoms with Crippen LogP contribution in [0.2, 0.25) is 0 Å². The third-order valence-corrected chi connectivity index (χ3v) is 7.00. The molecule has 0 radical (unpaired) electrons. The average molecular weight is 551 g/mol. The predicted octanol–water partition coefficient (Wildman–Crippen LogP) is 9.56. The molecule has 39 heavy (non-hydrogen) atoms. The first-order chi connectivity index (χ1) is 19.1. The Kier molecular flexibility index (Phi) is 29.6. The molecular weight excluding hydrogens is 488 g/mol. The highest BCUT2D eigenvalue weighted by molar-refractivity contribution is 5.70. The first-order valence-electron chi connectivity index (χ1n) is 16.4. The van der Waals surface area contributed by atoms with Crippen molar-refractivity contribution < 1.29 is 24.2 Å². The summed E-state index contributed by atoms with van der Waals surface area (Å²) in [6.07, 6.45) is 33.7. The molecule has 1 atom stereocenters. The monoisotopic (exact) mass is 550 g/mol. The number of unbranched alkanes of at least 4 members (excludes halogenated alkanes) is 17. The van der Waals surface area contributed by atoms with Crippen LogP contribution in [0.1, 0.15) is 162 Å². The highest BCUT2D eigenvalue weighted by Gasteiger charge is 2.16. The first-order valence-corrected chi connectivity index (χ1v) is 16.4. The molecule has 0 rings (SSSR count). The summed E-state index contributed by atoms with van der Waals surface area (Å²) in [5, 5.41) is 9.48. The standard InChI is InChI=1S/C34H62O5/c1-3-5-7-9-11-13-15-16-17-19-21-23-25-27-29-34(37)39-32(30-35)31-38-33(36)28-26-24-22-20-18-14-12-10-8-6-4-2/h9,11,15-16,32,35H,3-8,10,12-14,17-31H2,1-2H3/b11-9-,16-15-. The maximum Gasteiger partial charge on any atom is 0.306 e. The van der Waals surface area contributed by atoms with Gasteiger partial charge in [-0.1, -0.05) is 134 Å². The van der Waals surface area contributed by atoms with Gasteiger partial charge >= 0.3 is 11.9 Å². The molecular formula is C34H62O5. The van der Waals surface area contributed by atoms with Gasteiger partial charge in [-0.3, -0.25) is 9.59 Å². The number of aliphatic hydroxyl groups excluding tert-OH is 1. The molecule has 0 aliphatic rings. The largest absolute Gasteiger partial charge is 0.462 e. The summed E-state index contributed by atoms with van der Waals surface area (Å²) < 4.78 is 10.5. The van der Waals surface area contributed by atoms with Crippen molar-refractivity contribution in [2.75, 3.05) is 13.2 Å². The summed E-state index contributed by atoms with van der Waals surface area (Å²) in [6, 6.07) is 0. The number of aliphatic hydroxyl groups is 1. The molecule has 0 bridgehead atoms. The highest BCUT2D eigenvalue weighted by Crippen LogP contribution is 2.13. The third kappa shape index (κ3) is 29.2. The van der Waals surface area contributed by atoms with Crippen LogP contribution in [0.25, 0.3) is 0 Å². The van der Waals surface area contributed by atoms with Gasteiger partial charge in [-0.05, 0) is 38.5 Å². The Morgan fingerprint density at radius 2 is 1.05 bits per heavy atom. The molecule has 0 fully saturated rings. The van der Waals surface area contributed by atoms with E-state index in [9.17, 15) is 14.7 Å². The van der Waals surface area contributed by atoms with Crippen molar-refractivity contribution in [3.05, 3.63) is 24.3 Å². The van der Waals surface area contributed by atoms with Crippen molar-refractivity contribution in [1.29, 1.82) is 0 Å². The Balaban J connectivity index is 3.61. The van der Waals surface area contributed by atoms with Crippen LogP contribution < -0.4 is 0 Å². The zero-order valence-electron chi connectivity index (χ0n) is 25.6. The summed E-state index contributed by atoms with van der Waals surface area (Å²) in [5.41, 5.74) is 0. The molecule has 0 aromatic carbocycles. The predicted molar refractivity (Wildman–Crippen MR) is 164 cm³/mol. The number of allylic oxidation sites excluding steroid dienone is 4. The maximum absolute atomic E-state index is 12.1. The minimum atomic E-state index is -0.771.